The van der Waals surface area contributed by atoms with Crippen molar-refractivity contribution in [1.29, 1.82) is 0 Å². The number of anilines is 1. The molecule has 1 amide bonds. The van der Waals surface area contributed by atoms with Gasteiger partial charge < -0.3 is 5.32 Å². The van der Waals surface area contributed by atoms with E-state index in [9.17, 15) is 4.79 Å². The minimum atomic E-state index is -0.0945. The normalized spacial score (nSPS) is 15.1. The molecule has 3 aromatic rings. The van der Waals surface area contributed by atoms with Gasteiger partial charge in [-0.2, -0.15) is 0 Å². The molecule has 0 atom stereocenters. The van der Waals surface area contributed by atoms with Crippen LogP contribution in [0.2, 0.25) is 0 Å². The highest BCUT2D eigenvalue weighted by Crippen LogP contribution is 2.22. The standard InChI is InChI=1S/C25H26BrN3O/c26-23-8-4-5-9-24(23)27-25(30)22-12-10-21(11-13-22)19-29-16-14-28(15-17-29)18-20-6-2-1-3-7-20/h1-13H,14-19H2,(H,27,30). The summed E-state index contributed by atoms with van der Waals surface area (Å²) in [6, 6.07) is 26.2. The lowest BCUT2D eigenvalue weighted by Gasteiger charge is -2.34. The molecule has 1 aliphatic heterocycles. The number of amides is 1. The van der Waals surface area contributed by atoms with Crippen LogP contribution in [0, 0.1) is 0 Å². The predicted octanol–water partition coefficient (Wildman–Crippen LogP) is 5.02. The third-order valence-electron chi connectivity index (χ3n) is 5.46. The maximum atomic E-state index is 12.5. The summed E-state index contributed by atoms with van der Waals surface area (Å²) in [6.45, 7) is 6.25. The van der Waals surface area contributed by atoms with Gasteiger partial charge in [0.1, 0.15) is 0 Å². The van der Waals surface area contributed by atoms with Gasteiger partial charge >= 0.3 is 0 Å². The summed E-state index contributed by atoms with van der Waals surface area (Å²) in [4.78, 5) is 17.5. The van der Waals surface area contributed by atoms with E-state index in [4.69, 9.17) is 0 Å². The fourth-order valence-corrected chi connectivity index (χ4v) is 4.11. The second-order valence-corrected chi connectivity index (χ2v) is 8.52. The van der Waals surface area contributed by atoms with E-state index in [1.165, 1.54) is 11.1 Å². The Hall–Kier alpha value is -2.47. The zero-order valence-electron chi connectivity index (χ0n) is 16.9. The number of para-hydroxylation sites is 1. The van der Waals surface area contributed by atoms with Gasteiger partial charge in [0, 0.05) is 49.3 Å². The number of benzene rings is 3. The zero-order valence-corrected chi connectivity index (χ0v) is 18.5. The number of nitrogens with zero attached hydrogens (tertiary/aromatic N) is 2. The number of piperazine rings is 1. The Morgan fingerprint density at radius 2 is 1.27 bits per heavy atom. The molecule has 0 bridgehead atoms. The van der Waals surface area contributed by atoms with Crippen LogP contribution in [0.25, 0.3) is 0 Å². The van der Waals surface area contributed by atoms with Crippen molar-refractivity contribution in [3.05, 3.63) is 100 Å². The molecule has 1 aliphatic rings. The van der Waals surface area contributed by atoms with Gasteiger partial charge in [-0.05, 0) is 51.3 Å². The van der Waals surface area contributed by atoms with Gasteiger partial charge in [-0.15, -0.1) is 0 Å². The highest BCUT2D eigenvalue weighted by atomic mass is 79.9. The lowest BCUT2D eigenvalue weighted by molar-refractivity contribution is 0.102. The van der Waals surface area contributed by atoms with Crippen LogP contribution in [0.3, 0.4) is 0 Å². The van der Waals surface area contributed by atoms with Crippen LogP contribution in [-0.2, 0) is 13.1 Å². The fraction of sp³-hybridized carbons (Fsp3) is 0.240. The highest BCUT2D eigenvalue weighted by molar-refractivity contribution is 9.10. The Balaban J connectivity index is 1.27. The van der Waals surface area contributed by atoms with Crippen molar-refractivity contribution < 1.29 is 4.79 Å². The van der Waals surface area contributed by atoms with Crippen LogP contribution in [0.5, 0.6) is 0 Å². The van der Waals surface area contributed by atoms with Crippen molar-refractivity contribution in [3.63, 3.8) is 0 Å². The Kier molecular flexibility index (Phi) is 6.95. The summed E-state index contributed by atoms with van der Waals surface area (Å²) in [5.41, 5.74) is 4.06. The van der Waals surface area contributed by atoms with Crippen LogP contribution in [0.1, 0.15) is 21.5 Å². The quantitative estimate of drug-likeness (QED) is 0.557. The van der Waals surface area contributed by atoms with Crippen LogP contribution < -0.4 is 5.32 Å². The first-order valence-electron chi connectivity index (χ1n) is 10.3. The largest absolute Gasteiger partial charge is 0.321 e. The Bertz CT molecular complexity index is 967. The summed E-state index contributed by atoms with van der Waals surface area (Å²) in [6.07, 6.45) is 0. The topological polar surface area (TPSA) is 35.6 Å². The average Bonchev–Trinajstić information content (AvgIpc) is 2.78. The molecule has 3 aromatic carbocycles. The third-order valence-corrected chi connectivity index (χ3v) is 6.15. The molecule has 1 heterocycles. The van der Waals surface area contributed by atoms with Gasteiger partial charge in [-0.1, -0.05) is 54.6 Å². The summed E-state index contributed by atoms with van der Waals surface area (Å²) < 4.78 is 0.876. The smallest absolute Gasteiger partial charge is 0.255 e. The average molecular weight is 464 g/mol. The minimum absolute atomic E-state index is 0.0945. The van der Waals surface area contributed by atoms with Crippen molar-refractivity contribution in [2.45, 2.75) is 13.1 Å². The van der Waals surface area contributed by atoms with Gasteiger partial charge in [-0.25, -0.2) is 0 Å². The number of hydrogen-bond donors (Lipinski definition) is 1. The van der Waals surface area contributed by atoms with Crippen molar-refractivity contribution in [2.24, 2.45) is 0 Å². The van der Waals surface area contributed by atoms with Gasteiger partial charge in [0.05, 0.1) is 5.69 Å². The Morgan fingerprint density at radius 1 is 0.733 bits per heavy atom. The van der Waals surface area contributed by atoms with E-state index in [1.54, 1.807) is 0 Å². The number of carbonyl (C=O) groups is 1. The van der Waals surface area contributed by atoms with Crippen molar-refractivity contribution in [3.8, 4) is 0 Å². The molecule has 0 radical (unpaired) electrons. The van der Waals surface area contributed by atoms with E-state index >= 15 is 0 Å². The van der Waals surface area contributed by atoms with Gasteiger partial charge in [0.25, 0.3) is 5.91 Å². The van der Waals surface area contributed by atoms with Crippen LogP contribution in [-0.4, -0.2) is 41.9 Å². The lowest BCUT2D eigenvalue weighted by atomic mass is 10.1. The summed E-state index contributed by atoms with van der Waals surface area (Å²) in [5.74, 6) is -0.0945. The van der Waals surface area contributed by atoms with E-state index in [-0.39, 0.29) is 5.91 Å². The van der Waals surface area contributed by atoms with Gasteiger partial charge in [-0.3, -0.25) is 14.6 Å². The van der Waals surface area contributed by atoms with E-state index in [0.717, 1.165) is 49.4 Å². The number of hydrogen-bond acceptors (Lipinski definition) is 3. The lowest BCUT2D eigenvalue weighted by Crippen LogP contribution is -2.45. The molecule has 4 nitrogen and oxygen atoms in total. The van der Waals surface area contributed by atoms with Crippen molar-refractivity contribution in [1.82, 2.24) is 9.80 Å². The van der Waals surface area contributed by atoms with Gasteiger partial charge in [0.2, 0.25) is 0 Å². The summed E-state index contributed by atoms with van der Waals surface area (Å²) in [7, 11) is 0. The Labute approximate surface area is 186 Å². The van der Waals surface area contributed by atoms with Crippen molar-refractivity contribution in [2.75, 3.05) is 31.5 Å². The molecule has 1 fully saturated rings. The van der Waals surface area contributed by atoms with Crippen molar-refractivity contribution >= 4 is 27.5 Å². The second kappa shape index (κ2) is 10.0. The molecule has 0 aromatic heterocycles. The monoisotopic (exact) mass is 463 g/mol. The predicted molar refractivity (Wildman–Crippen MR) is 126 cm³/mol. The molecule has 0 aliphatic carbocycles. The van der Waals surface area contributed by atoms with E-state index in [1.807, 2.05) is 36.4 Å². The number of nitrogens with one attached hydrogen (secondary N) is 1. The fourth-order valence-electron chi connectivity index (χ4n) is 3.72. The molecule has 154 valence electrons. The first-order valence-corrected chi connectivity index (χ1v) is 11.1. The molecule has 4 rings (SSSR count). The van der Waals surface area contributed by atoms with Crippen LogP contribution >= 0.6 is 15.9 Å². The molecule has 0 saturated carbocycles. The molecule has 0 spiro atoms. The molecule has 5 heteroatoms. The molecule has 30 heavy (non-hydrogen) atoms. The van der Waals surface area contributed by atoms with E-state index in [2.05, 4.69) is 73.5 Å². The second-order valence-electron chi connectivity index (χ2n) is 7.67. The molecule has 1 N–H and O–H groups in total. The van der Waals surface area contributed by atoms with Crippen LogP contribution in [0.15, 0.2) is 83.3 Å². The first kappa shape index (κ1) is 20.8. The Morgan fingerprint density at radius 3 is 1.87 bits per heavy atom. The summed E-state index contributed by atoms with van der Waals surface area (Å²) >= 11 is 3.46. The SMILES string of the molecule is O=C(Nc1ccccc1Br)c1ccc(CN2CCN(Cc3ccccc3)CC2)cc1. The molecule has 0 unspecified atom stereocenters. The zero-order chi connectivity index (χ0) is 20.8. The molecular weight excluding hydrogens is 438 g/mol. The molecular formula is C25H26BrN3O. The maximum Gasteiger partial charge on any atom is 0.255 e. The third kappa shape index (κ3) is 5.57. The number of rotatable bonds is 6. The highest BCUT2D eigenvalue weighted by Gasteiger charge is 2.17. The maximum absolute atomic E-state index is 12.5. The summed E-state index contributed by atoms with van der Waals surface area (Å²) in [5, 5.41) is 2.95. The minimum Gasteiger partial charge on any atom is -0.321 e. The first-order chi connectivity index (χ1) is 14.7. The van der Waals surface area contributed by atoms with Gasteiger partial charge in [0.15, 0.2) is 0 Å². The van der Waals surface area contributed by atoms with E-state index < -0.39 is 0 Å². The van der Waals surface area contributed by atoms with Crippen LogP contribution in [0.4, 0.5) is 5.69 Å². The van der Waals surface area contributed by atoms with E-state index in [0.29, 0.717) is 5.56 Å². The number of carbonyl (C=O) groups excluding carboxylic acids is 1. The molecule has 1 saturated heterocycles. The number of halogens is 1.